The van der Waals surface area contributed by atoms with Crippen molar-refractivity contribution in [1.29, 1.82) is 0 Å². The fraction of sp³-hybridized carbons (Fsp3) is 0.200. The minimum absolute atomic E-state index is 0.380. The first kappa shape index (κ1) is 15.1. The van der Waals surface area contributed by atoms with Crippen LogP contribution >= 0.6 is 11.3 Å². The molecule has 21 heavy (non-hydrogen) atoms. The van der Waals surface area contributed by atoms with Crippen molar-refractivity contribution < 1.29 is 14.7 Å². The molecule has 5 nitrogen and oxygen atoms in total. The number of carbonyl (C=O) groups excluding carboxylic acids is 1. The van der Waals surface area contributed by atoms with Crippen LogP contribution in [0.2, 0.25) is 0 Å². The first-order valence-electron chi connectivity index (χ1n) is 6.43. The van der Waals surface area contributed by atoms with Gasteiger partial charge < -0.3 is 15.7 Å². The highest BCUT2D eigenvalue weighted by molar-refractivity contribution is 7.11. The molecule has 2 amide bonds. The second-order valence-electron chi connectivity index (χ2n) is 4.52. The zero-order valence-electron chi connectivity index (χ0n) is 11.5. The molecular weight excluding hydrogens is 288 g/mol. The smallest absolute Gasteiger partial charge is 0.330 e. The van der Waals surface area contributed by atoms with Gasteiger partial charge in [0.2, 0.25) is 0 Å². The van der Waals surface area contributed by atoms with Crippen molar-refractivity contribution in [1.82, 2.24) is 10.6 Å². The number of thiophene rings is 1. The van der Waals surface area contributed by atoms with Gasteiger partial charge >= 0.3 is 12.0 Å². The van der Waals surface area contributed by atoms with Gasteiger partial charge in [-0.1, -0.05) is 30.3 Å². The number of carboxylic acids is 1. The Morgan fingerprint density at radius 1 is 1.19 bits per heavy atom. The van der Waals surface area contributed by atoms with E-state index in [4.69, 9.17) is 0 Å². The van der Waals surface area contributed by atoms with Crippen LogP contribution < -0.4 is 10.6 Å². The fourth-order valence-electron chi connectivity index (χ4n) is 1.86. The van der Waals surface area contributed by atoms with Crippen molar-refractivity contribution in [3.05, 3.63) is 57.8 Å². The Labute approximate surface area is 126 Å². The maximum atomic E-state index is 11.8. The molecule has 6 heteroatoms. The van der Waals surface area contributed by atoms with E-state index in [2.05, 4.69) is 10.6 Å². The van der Waals surface area contributed by atoms with Gasteiger partial charge in [-0.3, -0.25) is 0 Å². The molecule has 0 radical (unpaired) electrons. The van der Waals surface area contributed by atoms with Crippen LogP contribution in [0.1, 0.15) is 21.4 Å². The predicted octanol–water partition coefficient (Wildman–Crippen LogP) is 2.68. The standard InChI is InChI=1S/C15H16N2O3S/c1-10-7-8-12(21-10)9-16-15(20)17-13(14(18)19)11-5-3-2-4-6-11/h2-8,13H,9H2,1H3,(H,18,19)(H2,16,17,20). The van der Waals surface area contributed by atoms with Gasteiger partial charge in [-0.05, 0) is 24.6 Å². The molecular formula is C15H16N2O3S. The Kier molecular flexibility index (Phi) is 4.94. The number of amides is 2. The van der Waals surface area contributed by atoms with Crippen molar-refractivity contribution in [2.24, 2.45) is 0 Å². The number of aliphatic carboxylic acids is 1. The summed E-state index contributed by atoms with van der Waals surface area (Å²) in [5.41, 5.74) is 0.534. The monoisotopic (exact) mass is 304 g/mol. The molecule has 0 bridgehead atoms. The molecule has 2 aromatic rings. The average molecular weight is 304 g/mol. The molecule has 0 aliphatic heterocycles. The number of carbonyl (C=O) groups is 2. The highest BCUT2D eigenvalue weighted by Gasteiger charge is 2.21. The van der Waals surface area contributed by atoms with Crippen LogP contribution in [0.5, 0.6) is 0 Å². The van der Waals surface area contributed by atoms with E-state index in [0.29, 0.717) is 12.1 Å². The third-order valence-electron chi connectivity index (χ3n) is 2.87. The van der Waals surface area contributed by atoms with Crippen molar-refractivity contribution in [3.8, 4) is 0 Å². The number of benzene rings is 1. The molecule has 3 N–H and O–H groups in total. The van der Waals surface area contributed by atoms with Crippen molar-refractivity contribution in [3.63, 3.8) is 0 Å². The summed E-state index contributed by atoms with van der Waals surface area (Å²) in [6.45, 7) is 2.37. The average Bonchev–Trinajstić information content (AvgIpc) is 2.89. The maximum Gasteiger partial charge on any atom is 0.330 e. The van der Waals surface area contributed by atoms with Crippen LogP contribution in [0.15, 0.2) is 42.5 Å². The van der Waals surface area contributed by atoms with E-state index < -0.39 is 18.0 Å². The molecule has 1 atom stereocenters. The molecule has 1 aromatic carbocycles. The minimum atomic E-state index is -1.09. The minimum Gasteiger partial charge on any atom is -0.479 e. The quantitative estimate of drug-likeness (QED) is 0.794. The van der Waals surface area contributed by atoms with E-state index in [1.807, 2.05) is 19.1 Å². The van der Waals surface area contributed by atoms with Gasteiger partial charge in [-0.2, -0.15) is 0 Å². The van der Waals surface area contributed by atoms with Crippen LogP contribution in [-0.2, 0) is 11.3 Å². The Morgan fingerprint density at radius 3 is 2.48 bits per heavy atom. The van der Waals surface area contributed by atoms with Crippen molar-refractivity contribution >= 4 is 23.3 Å². The fourth-order valence-corrected chi connectivity index (χ4v) is 2.69. The van der Waals surface area contributed by atoms with E-state index in [-0.39, 0.29) is 0 Å². The lowest BCUT2D eigenvalue weighted by Crippen LogP contribution is -2.40. The molecule has 0 saturated carbocycles. The summed E-state index contributed by atoms with van der Waals surface area (Å²) in [4.78, 5) is 25.3. The summed E-state index contributed by atoms with van der Waals surface area (Å²) in [6.07, 6.45) is 0. The molecule has 110 valence electrons. The lowest BCUT2D eigenvalue weighted by molar-refractivity contribution is -0.139. The Morgan fingerprint density at radius 2 is 1.90 bits per heavy atom. The molecule has 0 aliphatic carbocycles. The van der Waals surface area contributed by atoms with E-state index in [9.17, 15) is 14.7 Å². The summed E-state index contributed by atoms with van der Waals surface area (Å²) in [7, 11) is 0. The Bertz CT molecular complexity index is 625. The highest BCUT2D eigenvalue weighted by atomic mass is 32.1. The molecule has 0 spiro atoms. The highest BCUT2D eigenvalue weighted by Crippen LogP contribution is 2.15. The zero-order valence-corrected chi connectivity index (χ0v) is 12.3. The number of carboxylic acid groups (broad SMARTS) is 1. The predicted molar refractivity (Wildman–Crippen MR) is 81.2 cm³/mol. The number of aryl methyl sites for hydroxylation is 1. The van der Waals surface area contributed by atoms with Gasteiger partial charge in [0.1, 0.15) is 0 Å². The summed E-state index contributed by atoms with van der Waals surface area (Å²) in [6, 6.07) is 11.0. The molecule has 1 aromatic heterocycles. The molecule has 1 unspecified atom stereocenters. The van der Waals surface area contributed by atoms with Gasteiger partial charge in [0.05, 0.1) is 6.54 Å². The Balaban J connectivity index is 1.94. The van der Waals surface area contributed by atoms with Crippen LogP contribution in [-0.4, -0.2) is 17.1 Å². The van der Waals surface area contributed by atoms with Gasteiger partial charge in [0, 0.05) is 9.75 Å². The normalized spacial score (nSPS) is 11.7. The number of hydrogen-bond donors (Lipinski definition) is 3. The third-order valence-corrected chi connectivity index (χ3v) is 3.88. The second-order valence-corrected chi connectivity index (χ2v) is 5.89. The summed E-state index contributed by atoms with van der Waals surface area (Å²) < 4.78 is 0. The molecule has 2 rings (SSSR count). The van der Waals surface area contributed by atoms with E-state index >= 15 is 0 Å². The van der Waals surface area contributed by atoms with E-state index in [1.54, 1.807) is 41.7 Å². The summed E-state index contributed by atoms with van der Waals surface area (Å²) in [5, 5.41) is 14.4. The Hall–Kier alpha value is -2.34. The molecule has 1 heterocycles. The number of urea groups is 1. The van der Waals surface area contributed by atoms with Crippen molar-refractivity contribution in [2.75, 3.05) is 0 Å². The lowest BCUT2D eigenvalue weighted by Gasteiger charge is -2.15. The number of hydrogen-bond acceptors (Lipinski definition) is 3. The second kappa shape index (κ2) is 6.90. The largest absolute Gasteiger partial charge is 0.479 e. The van der Waals surface area contributed by atoms with E-state index in [0.717, 1.165) is 4.88 Å². The first-order chi connectivity index (χ1) is 10.1. The topological polar surface area (TPSA) is 78.4 Å². The molecule has 0 fully saturated rings. The van der Waals surface area contributed by atoms with Crippen LogP contribution in [0, 0.1) is 6.92 Å². The third kappa shape index (κ3) is 4.32. The van der Waals surface area contributed by atoms with Gasteiger partial charge in [0.25, 0.3) is 0 Å². The SMILES string of the molecule is Cc1ccc(CNC(=O)NC(C(=O)O)c2ccccc2)s1. The lowest BCUT2D eigenvalue weighted by atomic mass is 10.1. The van der Waals surface area contributed by atoms with Gasteiger partial charge in [-0.15, -0.1) is 11.3 Å². The maximum absolute atomic E-state index is 11.8. The zero-order chi connectivity index (χ0) is 15.2. The summed E-state index contributed by atoms with van der Waals surface area (Å²) >= 11 is 1.59. The first-order valence-corrected chi connectivity index (χ1v) is 7.25. The van der Waals surface area contributed by atoms with Crippen LogP contribution in [0.3, 0.4) is 0 Å². The van der Waals surface area contributed by atoms with Crippen LogP contribution in [0.4, 0.5) is 4.79 Å². The van der Waals surface area contributed by atoms with Crippen molar-refractivity contribution in [2.45, 2.75) is 19.5 Å². The number of nitrogens with one attached hydrogen (secondary N) is 2. The number of rotatable bonds is 5. The summed E-state index contributed by atoms with van der Waals surface area (Å²) in [5.74, 6) is -1.09. The van der Waals surface area contributed by atoms with E-state index in [1.165, 1.54) is 4.88 Å². The van der Waals surface area contributed by atoms with Gasteiger partial charge in [-0.25, -0.2) is 9.59 Å². The van der Waals surface area contributed by atoms with Gasteiger partial charge in [0.15, 0.2) is 6.04 Å². The van der Waals surface area contributed by atoms with Crippen LogP contribution in [0.25, 0.3) is 0 Å². The molecule has 0 aliphatic rings. The molecule has 0 saturated heterocycles.